The summed E-state index contributed by atoms with van der Waals surface area (Å²) >= 11 is 0. The normalized spacial score (nSPS) is 20.1. The molecule has 156 valence electrons. The first-order chi connectivity index (χ1) is 13.8. The van der Waals surface area contributed by atoms with Crippen molar-refractivity contribution in [1.29, 1.82) is 0 Å². The van der Waals surface area contributed by atoms with E-state index in [0.29, 0.717) is 24.5 Å². The minimum atomic E-state index is -3.59. The van der Waals surface area contributed by atoms with E-state index in [4.69, 9.17) is 0 Å². The van der Waals surface area contributed by atoms with E-state index in [1.54, 1.807) is 22.8 Å². The second-order valence-electron chi connectivity index (χ2n) is 8.07. The van der Waals surface area contributed by atoms with Gasteiger partial charge in [0.15, 0.2) is 0 Å². The van der Waals surface area contributed by atoms with Crippen LogP contribution in [0.2, 0.25) is 0 Å². The molecule has 0 spiro atoms. The summed E-state index contributed by atoms with van der Waals surface area (Å²) in [5.74, 6) is -0.0741. The van der Waals surface area contributed by atoms with Crippen molar-refractivity contribution in [3.05, 3.63) is 41.2 Å². The Bertz CT molecular complexity index is 1040. The molecule has 29 heavy (non-hydrogen) atoms. The number of rotatable bonds is 4. The lowest BCUT2D eigenvalue weighted by Gasteiger charge is -2.26. The molecule has 3 heterocycles. The number of anilines is 1. The van der Waals surface area contributed by atoms with E-state index < -0.39 is 10.0 Å². The maximum atomic E-state index is 13.2. The van der Waals surface area contributed by atoms with Crippen LogP contribution < -0.4 is 4.90 Å². The molecule has 1 aromatic heterocycles. The molecule has 0 radical (unpaired) electrons. The Labute approximate surface area is 172 Å². The van der Waals surface area contributed by atoms with Crippen LogP contribution in [0, 0.1) is 13.8 Å². The van der Waals surface area contributed by atoms with Gasteiger partial charge in [-0.15, -0.1) is 0 Å². The smallest absolute Gasteiger partial charge is 0.248 e. The molecule has 1 aromatic carbocycles. The molecule has 2 aromatic rings. The number of para-hydroxylation sites is 1. The second-order valence-corrected chi connectivity index (χ2v) is 9.94. The Kier molecular flexibility index (Phi) is 5.25. The molecule has 1 amide bonds. The van der Waals surface area contributed by atoms with E-state index >= 15 is 0 Å². The average Bonchev–Trinajstić information content (AvgIpc) is 3.17. The minimum absolute atomic E-state index is 0.0286. The van der Waals surface area contributed by atoms with Gasteiger partial charge < -0.3 is 4.90 Å². The largest absolute Gasteiger partial charge is 0.307 e. The number of aryl methyl sites for hydroxylation is 1. The summed E-state index contributed by atoms with van der Waals surface area (Å²) in [6.45, 7) is 6.61. The summed E-state index contributed by atoms with van der Waals surface area (Å²) in [6, 6.07) is 8.01. The van der Waals surface area contributed by atoms with E-state index in [1.807, 2.05) is 36.1 Å². The molecule has 1 saturated heterocycles. The van der Waals surface area contributed by atoms with Gasteiger partial charge in [-0.2, -0.15) is 9.40 Å². The Morgan fingerprint density at radius 2 is 1.83 bits per heavy atom. The summed E-state index contributed by atoms with van der Waals surface area (Å²) < 4.78 is 29.5. The minimum Gasteiger partial charge on any atom is -0.307 e. The molecule has 8 heteroatoms. The molecule has 1 fully saturated rings. The van der Waals surface area contributed by atoms with Gasteiger partial charge in [-0.3, -0.25) is 9.48 Å². The average molecular weight is 417 g/mol. The zero-order valence-electron chi connectivity index (χ0n) is 17.3. The van der Waals surface area contributed by atoms with Gasteiger partial charge in [-0.1, -0.05) is 24.6 Å². The zero-order chi connectivity index (χ0) is 20.8. The van der Waals surface area contributed by atoms with Gasteiger partial charge in [-0.05, 0) is 51.7 Å². The number of hydrogen-bond acceptors (Lipinski definition) is 4. The molecule has 4 rings (SSSR count). The van der Waals surface area contributed by atoms with Gasteiger partial charge in [0.25, 0.3) is 0 Å². The van der Waals surface area contributed by atoms with Crippen molar-refractivity contribution in [2.24, 2.45) is 0 Å². The molecule has 7 nitrogen and oxygen atoms in total. The van der Waals surface area contributed by atoms with E-state index in [-0.39, 0.29) is 23.4 Å². The Balaban J connectivity index is 1.61. The molecular formula is C21H28N4O3S. The number of amides is 1. The van der Waals surface area contributed by atoms with Gasteiger partial charge in [-0.25, -0.2) is 8.42 Å². The topological polar surface area (TPSA) is 75.5 Å². The third kappa shape index (κ3) is 3.48. The standard InChI is InChI=1S/C21H28N4O3S/c1-15-13-18-9-5-6-10-19(18)25(15)20(26)14-24-17(3)21(16(2)22-24)29(27,28)23-11-7-4-8-12-23/h5-6,9-10,15H,4,7-8,11-14H2,1-3H3/t15-/m1/s1. The number of piperidine rings is 1. The fourth-order valence-corrected chi connectivity index (χ4v) is 6.48. The first-order valence-electron chi connectivity index (χ1n) is 10.2. The number of carbonyl (C=O) groups excluding carboxylic acids is 1. The Hall–Kier alpha value is -2.19. The number of fused-ring (bicyclic) bond motifs is 1. The van der Waals surface area contributed by atoms with Gasteiger partial charge in [0.05, 0.1) is 11.4 Å². The summed E-state index contributed by atoms with van der Waals surface area (Å²) in [5.41, 5.74) is 3.08. The van der Waals surface area contributed by atoms with Gasteiger partial charge in [0, 0.05) is 24.8 Å². The SMILES string of the molecule is Cc1nn(CC(=O)N2c3ccccc3C[C@H]2C)c(C)c1S(=O)(=O)N1CCCCC1. The van der Waals surface area contributed by atoms with Crippen LogP contribution in [0.15, 0.2) is 29.2 Å². The quantitative estimate of drug-likeness (QED) is 0.768. The highest BCUT2D eigenvalue weighted by atomic mass is 32.2. The number of aromatic nitrogens is 2. The second kappa shape index (κ2) is 7.57. The summed E-state index contributed by atoms with van der Waals surface area (Å²) in [5, 5.41) is 4.43. The highest BCUT2D eigenvalue weighted by Gasteiger charge is 2.34. The molecule has 0 bridgehead atoms. The number of sulfonamides is 1. The first kappa shape index (κ1) is 20.1. The van der Waals surface area contributed by atoms with E-state index in [1.165, 1.54) is 0 Å². The predicted octanol–water partition coefficient (Wildman–Crippen LogP) is 2.65. The van der Waals surface area contributed by atoms with E-state index in [2.05, 4.69) is 5.10 Å². The maximum Gasteiger partial charge on any atom is 0.248 e. The van der Waals surface area contributed by atoms with Crippen LogP contribution in [0.25, 0.3) is 0 Å². The molecule has 1 atom stereocenters. The van der Waals surface area contributed by atoms with Gasteiger partial charge in [0.2, 0.25) is 15.9 Å². The fraction of sp³-hybridized carbons (Fsp3) is 0.524. The van der Waals surface area contributed by atoms with Crippen LogP contribution in [-0.2, 0) is 27.8 Å². The monoisotopic (exact) mass is 416 g/mol. The van der Waals surface area contributed by atoms with E-state index in [0.717, 1.165) is 36.9 Å². The van der Waals surface area contributed by atoms with E-state index in [9.17, 15) is 13.2 Å². The predicted molar refractivity (Wildman–Crippen MR) is 111 cm³/mol. The lowest BCUT2D eigenvalue weighted by atomic mass is 10.1. The van der Waals surface area contributed by atoms with Crippen molar-refractivity contribution in [3.8, 4) is 0 Å². The fourth-order valence-electron chi connectivity index (χ4n) is 4.59. The van der Waals surface area contributed by atoms with Crippen LogP contribution in [0.5, 0.6) is 0 Å². The highest BCUT2D eigenvalue weighted by Crippen LogP contribution is 2.32. The lowest BCUT2D eigenvalue weighted by molar-refractivity contribution is -0.119. The van der Waals surface area contributed by atoms with Crippen molar-refractivity contribution in [1.82, 2.24) is 14.1 Å². The zero-order valence-corrected chi connectivity index (χ0v) is 18.1. The van der Waals surface area contributed by atoms with Crippen molar-refractivity contribution < 1.29 is 13.2 Å². The number of nitrogens with zero attached hydrogens (tertiary/aromatic N) is 4. The summed E-state index contributed by atoms with van der Waals surface area (Å²) in [6.07, 6.45) is 3.66. The molecule has 0 unspecified atom stereocenters. The van der Waals surface area contributed by atoms with Crippen molar-refractivity contribution in [3.63, 3.8) is 0 Å². The third-order valence-electron chi connectivity index (χ3n) is 5.99. The Morgan fingerprint density at radius 1 is 1.14 bits per heavy atom. The van der Waals surface area contributed by atoms with Crippen molar-refractivity contribution >= 4 is 21.6 Å². The molecular weight excluding hydrogens is 388 g/mol. The molecule has 0 N–H and O–H groups in total. The van der Waals surface area contributed by atoms with Crippen molar-refractivity contribution in [2.45, 2.75) is 63.9 Å². The molecule has 0 saturated carbocycles. The van der Waals surface area contributed by atoms with Gasteiger partial charge in [0.1, 0.15) is 11.4 Å². The van der Waals surface area contributed by atoms with Crippen LogP contribution in [-0.4, -0.2) is 47.5 Å². The summed E-state index contributed by atoms with van der Waals surface area (Å²) in [4.78, 5) is 15.2. The Morgan fingerprint density at radius 3 is 2.55 bits per heavy atom. The maximum absolute atomic E-state index is 13.2. The van der Waals surface area contributed by atoms with Crippen molar-refractivity contribution in [2.75, 3.05) is 18.0 Å². The van der Waals surface area contributed by atoms with Gasteiger partial charge >= 0.3 is 0 Å². The van der Waals surface area contributed by atoms with Crippen LogP contribution in [0.4, 0.5) is 5.69 Å². The number of carbonyl (C=O) groups is 1. The first-order valence-corrected chi connectivity index (χ1v) is 11.7. The molecule has 2 aliphatic heterocycles. The highest BCUT2D eigenvalue weighted by molar-refractivity contribution is 7.89. The third-order valence-corrected chi connectivity index (χ3v) is 8.14. The summed E-state index contributed by atoms with van der Waals surface area (Å²) in [7, 11) is -3.59. The van der Waals surface area contributed by atoms with Crippen LogP contribution in [0.3, 0.4) is 0 Å². The molecule has 0 aliphatic carbocycles. The van der Waals surface area contributed by atoms with Crippen LogP contribution in [0.1, 0.15) is 43.1 Å². The number of hydrogen-bond donors (Lipinski definition) is 0. The lowest BCUT2D eigenvalue weighted by Crippen LogP contribution is -2.38. The molecule has 2 aliphatic rings. The number of benzene rings is 1. The van der Waals surface area contributed by atoms with Crippen LogP contribution >= 0.6 is 0 Å².